The molecular weight excluding hydrogens is 454 g/mol. The predicted molar refractivity (Wildman–Crippen MR) is 124 cm³/mol. The molecule has 0 radical (unpaired) electrons. The zero-order chi connectivity index (χ0) is 24.8. The fourth-order valence-corrected chi connectivity index (χ4v) is 4.10. The summed E-state index contributed by atoms with van der Waals surface area (Å²) in [5.41, 5.74) is 1.78. The molecule has 1 fully saturated rings. The third kappa shape index (κ3) is 5.38. The van der Waals surface area contributed by atoms with Crippen molar-refractivity contribution in [2.75, 3.05) is 31.7 Å². The summed E-state index contributed by atoms with van der Waals surface area (Å²) in [6.07, 6.45) is 1.35. The minimum absolute atomic E-state index is 0.0696. The van der Waals surface area contributed by atoms with Crippen LogP contribution in [0.2, 0.25) is 0 Å². The van der Waals surface area contributed by atoms with Gasteiger partial charge in [-0.15, -0.1) is 0 Å². The van der Waals surface area contributed by atoms with E-state index in [4.69, 9.17) is 9.47 Å². The third-order valence-electron chi connectivity index (χ3n) is 5.74. The quantitative estimate of drug-likeness (QED) is 0.280. The lowest BCUT2D eigenvalue weighted by Crippen LogP contribution is -2.54. The maximum Gasteiger partial charge on any atom is 0.264 e. The number of hydrogen-bond donors (Lipinski definition) is 2. The Bertz CT molecular complexity index is 1160. The first-order valence-electron chi connectivity index (χ1n) is 11.3. The second kappa shape index (κ2) is 10.9. The van der Waals surface area contributed by atoms with E-state index >= 15 is 0 Å². The molecule has 4 amide bonds. The third-order valence-corrected chi connectivity index (χ3v) is 5.74. The molecule has 0 aliphatic carbocycles. The Kier molecular flexibility index (Phi) is 7.51. The zero-order valence-electron chi connectivity index (χ0n) is 19.0. The average Bonchev–Trinajstić information content (AvgIpc) is 3.10. The molecule has 10 nitrogen and oxygen atoms in total. The van der Waals surface area contributed by atoms with Crippen LogP contribution in [0.3, 0.4) is 0 Å². The van der Waals surface area contributed by atoms with Crippen LogP contribution in [-0.4, -0.2) is 67.2 Å². The summed E-state index contributed by atoms with van der Waals surface area (Å²) >= 11 is 0. The Hall–Kier alpha value is -4.05. The number of imide groups is 2. The summed E-state index contributed by atoms with van der Waals surface area (Å²) in [5, 5.41) is 5.30. The Morgan fingerprint density at radius 2 is 1.86 bits per heavy atom. The lowest BCUT2D eigenvalue weighted by atomic mass is 10.0. The normalized spacial score (nSPS) is 17.3. The van der Waals surface area contributed by atoms with Gasteiger partial charge in [0.15, 0.2) is 0 Å². The van der Waals surface area contributed by atoms with E-state index in [1.807, 2.05) is 24.3 Å². The minimum atomic E-state index is -1.00. The molecule has 2 heterocycles. The van der Waals surface area contributed by atoms with Crippen molar-refractivity contribution in [3.63, 3.8) is 0 Å². The lowest BCUT2D eigenvalue weighted by molar-refractivity contribution is -0.136. The Morgan fingerprint density at radius 3 is 2.66 bits per heavy atom. The topological polar surface area (TPSA) is 131 Å². The number of benzene rings is 2. The van der Waals surface area contributed by atoms with Crippen molar-refractivity contribution in [3.05, 3.63) is 59.2 Å². The maximum atomic E-state index is 13.1. The first-order valence-corrected chi connectivity index (χ1v) is 11.3. The number of nitrogens with zero attached hydrogens (tertiary/aromatic N) is 1. The van der Waals surface area contributed by atoms with Gasteiger partial charge in [0.2, 0.25) is 11.8 Å². The van der Waals surface area contributed by atoms with Crippen LogP contribution in [0.1, 0.15) is 39.1 Å². The van der Waals surface area contributed by atoms with Gasteiger partial charge >= 0.3 is 0 Å². The van der Waals surface area contributed by atoms with Crippen molar-refractivity contribution < 1.29 is 33.4 Å². The molecule has 182 valence electrons. The molecule has 10 heteroatoms. The van der Waals surface area contributed by atoms with E-state index in [1.165, 1.54) is 0 Å². The van der Waals surface area contributed by atoms with Gasteiger partial charge < -0.3 is 19.6 Å². The van der Waals surface area contributed by atoms with Gasteiger partial charge in [0.25, 0.3) is 11.8 Å². The van der Waals surface area contributed by atoms with Gasteiger partial charge in [-0.3, -0.25) is 29.4 Å². The van der Waals surface area contributed by atoms with E-state index in [1.54, 1.807) is 18.2 Å². The van der Waals surface area contributed by atoms with E-state index in [0.29, 0.717) is 44.2 Å². The highest BCUT2D eigenvalue weighted by atomic mass is 16.5. The largest absolute Gasteiger partial charge is 0.491 e. The highest BCUT2D eigenvalue weighted by Crippen LogP contribution is 2.32. The molecular formula is C25H25N3O7. The van der Waals surface area contributed by atoms with Crippen molar-refractivity contribution in [3.8, 4) is 5.75 Å². The first kappa shape index (κ1) is 24.1. The van der Waals surface area contributed by atoms with Gasteiger partial charge in [-0.1, -0.05) is 18.2 Å². The molecule has 4 rings (SSSR count). The molecule has 2 aliphatic rings. The van der Waals surface area contributed by atoms with Crippen LogP contribution in [0, 0.1) is 0 Å². The monoisotopic (exact) mass is 479 g/mol. The molecule has 1 saturated heterocycles. The second-order valence-electron chi connectivity index (χ2n) is 8.08. The standard InChI is InChI=1S/C25H25N3O7/c29-11-9-16-3-1-4-17(15-16)35-14-13-34-12-10-26-19-6-2-5-18-22(19)25(33)28(24(18)32)20-7-8-21(30)27-23(20)31/h1-6,11,15,20,26H,7-10,12-14H2,(H,27,30,31). The summed E-state index contributed by atoms with van der Waals surface area (Å²) < 4.78 is 11.2. The van der Waals surface area contributed by atoms with Crippen molar-refractivity contribution in [1.29, 1.82) is 0 Å². The fraction of sp³-hybridized carbons (Fsp3) is 0.320. The van der Waals surface area contributed by atoms with Crippen molar-refractivity contribution in [2.24, 2.45) is 0 Å². The number of anilines is 1. The molecule has 2 N–H and O–H groups in total. The van der Waals surface area contributed by atoms with E-state index in [2.05, 4.69) is 10.6 Å². The number of amides is 4. The molecule has 0 bridgehead atoms. The van der Waals surface area contributed by atoms with Gasteiger partial charge in [0.05, 0.1) is 24.3 Å². The lowest BCUT2D eigenvalue weighted by Gasteiger charge is -2.27. The van der Waals surface area contributed by atoms with E-state index < -0.39 is 29.7 Å². The first-order chi connectivity index (χ1) is 17.0. The van der Waals surface area contributed by atoms with Gasteiger partial charge in [-0.25, -0.2) is 0 Å². The number of nitrogens with one attached hydrogen (secondary N) is 2. The summed E-state index contributed by atoms with van der Waals surface area (Å²) in [4.78, 5) is 61.1. The summed E-state index contributed by atoms with van der Waals surface area (Å²) in [7, 11) is 0. The highest BCUT2D eigenvalue weighted by molar-refractivity contribution is 6.25. The molecule has 2 aromatic carbocycles. The molecule has 1 unspecified atom stereocenters. The van der Waals surface area contributed by atoms with E-state index in [-0.39, 0.29) is 24.0 Å². The van der Waals surface area contributed by atoms with Crippen molar-refractivity contribution >= 4 is 35.6 Å². The zero-order valence-corrected chi connectivity index (χ0v) is 19.0. The minimum Gasteiger partial charge on any atom is -0.491 e. The smallest absolute Gasteiger partial charge is 0.264 e. The summed E-state index contributed by atoms with van der Waals surface area (Å²) in [5.74, 6) is -1.50. The van der Waals surface area contributed by atoms with Crippen LogP contribution in [0.25, 0.3) is 0 Å². The number of carbonyl (C=O) groups is 5. The van der Waals surface area contributed by atoms with Crippen LogP contribution < -0.4 is 15.4 Å². The van der Waals surface area contributed by atoms with Crippen molar-refractivity contribution in [1.82, 2.24) is 10.2 Å². The maximum absolute atomic E-state index is 13.1. The van der Waals surface area contributed by atoms with Gasteiger partial charge in [0.1, 0.15) is 24.7 Å². The SMILES string of the molecule is O=CCc1cccc(OCCOCCNc2cccc3c2C(=O)N(C2CCC(=O)NC2=O)C3=O)c1. The average molecular weight is 479 g/mol. The van der Waals surface area contributed by atoms with Crippen LogP contribution >= 0.6 is 0 Å². The molecule has 35 heavy (non-hydrogen) atoms. The summed E-state index contributed by atoms with van der Waals surface area (Å²) in [6.45, 7) is 1.38. The molecule has 0 saturated carbocycles. The van der Waals surface area contributed by atoms with Gasteiger partial charge in [-0.2, -0.15) is 0 Å². The number of ether oxygens (including phenoxy) is 2. The van der Waals surface area contributed by atoms with Crippen LogP contribution in [0.5, 0.6) is 5.75 Å². The number of aldehydes is 1. The van der Waals surface area contributed by atoms with Crippen LogP contribution in [-0.2, 0) is 25.5 Å². The number of rotatable bonds is 11. The fourth-order valence-electron chi connectivity index (χ4n) is 4.10. The molecule has 0 spiro atoms. The molecule has 2 aliphatic heterocycles. The highest BCUT2D eigenvalue weighted by Gasteiger charge is 2.45. The van der Waals surface area contributed by atoms with Gasteiger partial charge in [0, 0.05) is 25.1 Å². The predicted octanol–water partition coefficient (Wildman–Crippen LogP) is 1.34. The second-order valence-corrected chi connectivity index (χ2v) is 8.08. The molecule has 1 atom stereocenters. The molecule has 2 aromatic rings. The Morgan fingerprint density at radius 1 is 1.03 bits per heavy atom. The van der Waals surface area contributed by atoms with Crippen molar-refractivity contribution in [2.45, 2.75) is 25.3 Å². The number of fused-ring (bicyclic) bond motifs is 1. The number of carbonyl (C=O) groups excluding carboxylic acids is 5. The number of piperidine rings is 1. The Balaban J connectivity index is 1.27. The van der Waals surface area contributed by atoms with Crippen LogP contribution in [0.15, 0.2) is 42.5 Å². The van der Waals surface area contributed by atoms with Crippen LogP contribution in [0.4, 0.5) is 5.69 Å². The Labute approximate surface area is 201 Å². The van der Waals surface area contributed by atoms with E-state index in [9.17, 15) is 24.0 Å². The molecule has 0 aromatic heterocycles. The number of hydrogen-bond acceptors (Lipinski definition) is 8. The van der Waals surface area contributed by atoms with E-state index in [0.717, 1.165) is 16.7 Å². The van der Waals surface area contributed by atoms with Gasteiger partial charge in [-0.05, 0) is 36.2 Å². The summed E-state index contributed by atoms with van der Waals surface area (Å²) in [6, 6.07) is 11.2.